The van der Waals surface area contributed by atoms with Crippen LogP contribution < -0.4 is 0 Å². The van der Waals surface area contributed by atoms with Crippen molar-refractivity contribution in [3.63, 3.8) is 0 Å². The second-order valence-corrected chi connectivity index (χ2v) is 7.61. The van der Waals surface area contributed by atoms with Crippen molar-refractivity contribution in [3.05, 3.63) is 35.5 Å². The molecule has 23 heavy (non-hydrogen) atoms. The van der Waals surface area contributed by atoms with Crippen LogP contribution in [0.5, 0.6) is 0 Å². The van der Waals surface area contributed by atoms with Gasteiger partial charge >= 0.3 is 5.97 Å². The minimum atomic E-state index is -0.228. The monoisotopic (exact) mass is 316 g/mol. The van der Waals surface area contributed by atoms with E-state index in [1.807, 2.05) is 0 Å². The normalized spacial score (nSPS) is 43.2. The third-order valence-electron chi connectivity index (χ3n) is 5.61. The summed E-state index contributed by atoms with van der Waals surface area (Å²) in [6.45, 7) is 10.5. The first-order valence-electron chi connectivity index (χ1n) is 8.78. The molecular formula is C20H28O3. The van der Waals surface area contributed by atoms with Crippen LogP contribution in [-0.2, 0) is 14.3 Å². The molecule has 3 rings (SSSR count). The van der Waals surface area contributed by atoms with Crippen LogP contribution in [0.2, 0.25) is 0 Å². The second kappa shape index (κ2) is 6.27. The first-order valence-corrected chi connectivity index (χ1v) is 8.78. The van der Waals surface area contributed by atoms with Crippen LogP contribution in [0.4, 0.5) is 0 Å². The lowest BCUT2D eigenvalue weighted by atomic mass is 9.85. The molecule has 2 fully saturated rings. The fraction of sp³-hybridized carbons (Fsp3) is 0.650. The lowest BCUT2D eigenvalue weighted by molar-refractivity contribution is -0.139. The van der Waals surface area contributed by atoms with E-state index in [0.29, 0.717) is 11.7 Å². The highest BCUT2D eigenvalue weighted by molar-refractivity contribution is 5.90. The number of hydrogen-bond donors (Lipinski definition) is 0. The summed E-state index contributed by atoms with van der Waals surface area (Å²) in [5.74, 6) is -0.131. The largest absolute Gasteiger partial charge is 0.458 e. The molecule has 3 nitrogen and oxygen atoms in total. The fourth-order valence-corrected chi connectivity index (χ4v) is 3.82. The van der Waals surface area contributed by atoms with Crippen LogP contribution in [0, 0.1) is 5.92 Å². The van der Waals surface area contributed by atoms with Gasteiger partial charge in [-0.25, -0.2) is 4.79 Å². The van der Waals surface area contributed by atoms with E-state index in [9.17, 15) is 4.79 Å². The Morgan fingerprint density at radius 2 is 1.96 bits per heavy atom. The van der Waals surface area contributed by atoms with Crippen molar-refractivity contribution in [1.82, 2.24) is 0 Å². The number of rotatable bonds is 0. The van der Waals surface area contributed by atoms with E-state index in [0.717, 1.165) is 38.5 Å². The zero-order valence-electron chi connectivity index (χ0n) is 14.6. The van der Waals surface area contributed by atoms with E-state index < -0.39 is 0 Å². The molecule has 2 heterocycles. The SMILES string of the molecule is C=C1C(=O)O[C@H]2C[C@@]3(C)OC3CC/C(C)=C/CC/C(C)=C/C[C@H]12. The van der Waals surface area contributed by atoms with E-state index in [4.69, 9.17) is 9.47 Å². The zero-order valence-corrected chi connectivity index (χ0v) is 14.6. The summed E-state index contributed by atoms with van der Waals surface area (Å²) in [4.78, 5) is 11.9. The molecule has 1 aliphatic carbocycles. The predicted octanol–water partition coefficient (Wildman–Crippen LogP) is 4.49. The maximum absolute atomic E-state index is 11.9. The van der Waals surface area contributed by atoms with Crippen molar-refractivity contribution >= 4 is 5.97 Å². The van der Waals surface area contributed by atoms with E-state index in [1.54, 1.807) is 0 Å². The molecular weight excluding hydrogens is 288 g/mol. The predicted molar refractivity (Wildman–Crippen MR) is 91.0 cm³/mol. The highest BCUT2D eigenvalue weighted by atomic mass is 16.6. The Morgan fingerprint density at radius 1 is 1.22 bits per heavy atom. The molecule has 0 radical (unpaired) electrons. The van der Waals surface area contributed by atoms with Gasteiger partial charge in [-0.1, -0.05) is 29.9 Å². The minimum Gasteiger partial charge on any atom is -0.458 e. The molecule has 0 bridgehead atoms. The molecule has 0 saturated carbocycles. The van der Waals surface area contributed by atoms with Crippen molar-refractivity contribution in [1.29, 1.82) is 0 Å². The molecule has 2 aliphatic heterocycles. The molecule has 0 N–H and O–H groups in total. The summed E-state index contributed by atoms with van der Waals surface area (Å²) in [5, 5.41) is 0. The lowest BCUT2D eigenvalue weighted by Crippen LogP contribution is -2.25. The molecule has 126 valence electrons. The van der Waals surface area contributed by atoms with Gasteiger partial charge in [-0.05, 0) is 52.9 Å². The quantitative estimate of drug-likeness (QED) is 0.286. The van der Waals surface area contributed by atoms with Crippen molar-refractivity contribution in [2.24, 2.45) is 5.92 Å². The van der Waals surface area contributed by atoms with Crippen LogP contribution >= 0.6 is 0 Å². The number of hydrogen-bond acceptors (Lipinski definition) is 3. The van der Waals surface area contributed by atoms with Crippen molar-refractivity contribution < 1.29 is 14.3 Å². The highest BCUT2D eigenvalue weighted by Crippen LogP contribution is 2.47. The van der Waals surface area contributed by atoms with Gasteiger partial charge in [0.2, 0.25) is 0 Å². The Balaban J connectivity index is 1.79. The molecule has 0 aromatic carbocycles. The maximum Gasteiger partial charge on any atom is 0.334 e. The molecule has 0 amide bonds. The number of allylic oxidation sites excluding steroid dienone is 4. The van der Waals surface area contributed by atoms with E-state index in [-0.39, 0.29) is 23.6 Å². The van der Waals surface area contributed by atoms with Gasteiger partial charge in [-0.2, -0.15) is 0 Å². The minimum absolute atomic E-state index is 0.0892. The third-order valence-corrected chi connectivity index (χ3v) is 5.61. The number of ether oxygens (including phenoxy) is 2. The lowest BCUT2D eigenvalue weighted by Gasteiger charge is -2.19. The standard InChI is InChI=1S/C20H28O3/c1-13-6-5-7-14(2)9-11-18-20(4,23-18)12-17-16(10-8-13)15(3)19(21)22-17/h7-8,16-18H,3,5-6,9-12H2,1-2,4H3/b13-8+,14-7+/t16-,17+,18?,20-/m1/s1. The van der Waals surface area contributed by atoms with Crippen molar-refractivity contribution in [3.8, 4) is 0 Å². The highest BCUT2D eigenvalue weighted by Gasteiger charge is 2.55. The molecule has 4 atom stereocenters. The first-order chi connectivity index (χ1) is 10.9. The van der Waals surface area contributed by atoms with Gasteiger partial charge in [0.25, 0.3) is 0 Å². The Labute approximate surface area is 139 Å². The van der Waals surface area contributed by atoms with Gasteiger partial charge in [0.05, 0.1) is 11.7 Å². The fourth-order valence-electron chi connectivity index (χ4n) is 3.82. The molecule has 0 aromatic heterocycles. The summed E-state index contributed by atoms with van der Waals surface area (Å²) in [7, 11) is 0. The second-order valence-electron chi connectivity index (χ2n) is 7.61. The smallest absolute Gasteiger partial charge is 0.334 e. The Bertz CT molecular complexity index is 571. The van der Waals surface area contributed by atoms with Crippen LogP contribution in [0.25, 0.3) is 0 Å². The number of epoxide rings is 1. The Kier molecular flexibility index (Phi) is 4.50. The van der Waals surface area contributed by atoms with Crippen molar-refractivity contribution in [2.75, 3.05) is 0 Å². The number of fused-ring (bicyclic) bond motifs is 2. The molecule has 0 spiro atoms. The average Bonchev–Trinajstić information content (AvgIpc) is 3.05. The van der Waals surface area contributed by atoms with E-state index in [2.05, 4.69) is 39.5 Å². The summed E-state index contributed by atoms with van der Waals surface area (Å²) in [5.41, 5.74) is 3.31. The number of esters is 1. The Morgan fingerprint density at radius 3 is 2.74 bits per heavy atom. The van der Waals surface area contributed by atoms with Gasteiger partial charge in [0.15, 0.2) is 0 Å². The maximum atomic E-state index is 11.9. The number of carbonyl (C=O) groups is 1. The summed E-state index contributed by atoms with van der Waals surface area (Å²) in [6.07, 6.45) is 10.7. The Hall–Kier alpha value is -1.35. The van der Waals surface area contributed by atoms with Crippen LogP contribution in [0.15, 0.2) is 35.5 Å². The molecule has 3 aliphatic rings. The number of carbonyl (C=O) groups excluding carboxylic acids is 1. The summed E-state index contributed by atoms with van der Waals surface area (Å²) >= 11 is 0. The van der Waals surface area contributed by atoms with Gasteiger partial charge in [0, 0.05) is 17.9 Å². The summed E-state index contributed by atoms with van der Waals surface area (Å²) in [6, 6.07) is 0. The van der Waals surface area contributed by atoms with Crippen molar-refractivity contribution in [2.45, 2.75) is 77.1 Å². The molecule has 2 saturated heterocycles. The van der Waals surface area contributed by atoms with E-state index in [1.165, 1.54) is 11.1 Å². The molecule has 1 unspecified atom stereocenters. The molecule has 0 aromatic rings. The van der Waals surface area contributed by atoms with Gasteiger partial charge < -0.3 is 9.47 Å². The first kappa shape index (κ1) is 16.5. The van der Waals surface area contributed by atoms with Crippen LogP contribution in [-0.4, -0.2) is 23.8 Å². The van der Waals surface area contributed by atoms with E-state index >= 15 is 0 Å². The average molecular weight is 316 g/mol. The third kappa shape index (κ3) is 3.60. The van der Waals surface area contributed by atoms with Crippen LogP contribution in [0.1, 0.15) is 59.3 Å². The molecule has 3 heteroatoms. The van der Waals surface area contributed by atoms with Crippen LogP contribution in [0.3, 0.4) is 0 Å². The zero-order chi connectivity index (χ0) is 16.6. The topological polar surface area (TPSA) is 38.8 Å². The van der Waals surface area contributed by atoms with Gasteiger partial charge in [-0.3, -0.25) is 0 Å². The van der Waals surface area contributed by atoms with Gasteiger partial charge in [-0.15, -0.1) is 0 Å². The van der Waals surface area contributed by atoms with Gasteiger partial charge in [0.1, 0.15) is 6.10 Å². The summed E-state index contributed by atoms with van der Waals surface area (Å²) < 4.78 is 11.6.